The van der Waals surface area contributed by atoms with Crippen LogP contribution < -0.4 is 9.47 Å². The Bertz CT molecular complexity index is 1290. The molecule has 0 aliphatic carbocycles. The van der Waals surface area contributed by atoms with Crippen molar-refractivity contribution in [3.05, 3.63) is 54.9 Å². The topological polar surface area (TPSA) is 53.6 Å². The number of para-hydroxylation sites is 1. The summed E-state index contributed by atoms with van der Waals surface area (Å²) in [6, 6.07) is 14.0. The van der Waals surface area contributed by atoms with Crippen molar-refractivity contribution in [1.82, 2.24) is 19.2 Å². The second kappa shape index (κ2) is 7.53. The molecule has 0 saturated carbocycles. The predicted molar refractivity (Wildman–Crippen MR) is 122 cm³/mol. The van der Waals surface area contributed by atoms with Crippen molar-refractivity contribution in [3.63, 3.8) is 0 Å². The number of fused-ring (bicyclic) bond motifs is 2. The fourth-order valence-corrected chi connectivity index (χ4v) is 4.37. The highest BCUT2D eigenvalue weighted by atomic mass is 79.9. The van der Waals surface area contributed by atoms with Crippen molar-refractivity contribution < 1.29 is 9.47 Å². The lowest BCUT2D eigenvalue weighted by molar-refractivity contribution is 0.404. The number of aryl methyl sites for hydroxylation is 1. The van der Waals surface area contributed by atoms with Gasteiger partial charge in [-0.15, -0.1) is 17.0 Å². The Morgan fingerprint density at radius 2 is 1.79 bits per heavy atom. The van der Waals surface area contributed by atoms with Crippen LogP contribution in [0.4, 0.5) is 0 Å². The highest BCUT2D eigenvalue weighted by molar-refractivity contribution is 8.93. The summed E-state index contributed by atoms with van der Waals surface area (Å²) in [5.74, 6) is 1.51. The number of ether oxygens (including phenoxy) is 2. The van der Waals surface area contributed by atoms with Crippen molar-refractivity contribution in [2.45, 2.75) is 0 Å². The minimum absolute atomic E-state index is 0. The summed E-state index contributed by atoms with van der Waals surface area (Å²) in [4.78, 5) is 5.61. The van der Waals surface area contributed by atoms with Crippen LogP contribution in [0.2, 0.25) is 0 Å². The molecule has 8 heteroatoms. The number of methoxy groups -OCH3 is 2. The van der Waals surface area contributed by atoms with Gasteiger partial charge in [-0.3, -0.25) is 0 Å². The molecule has 0 aliphatic heterocycles. The largest absolute Gasteiger partial charge is 0.497 e. The average Bonchev–Trinajstić information content (AvgIpc) is 3.39. The molecule has 0 spiro atoms. The van der Waals surface area contributed by atoms with E-state index < -0.39 is 0 Å². The summed E-state index contributed by atoms with van der Waals surface area (Å²) in [6.07, 6.45) is 4.05. The molecule has 0 bridgehead atoms. The van der Waals surface area contributed by atoms with Crippen LogP contribution in [0.25, 0.3) is 37.7 Å². The molecule has 3 aromatic heterocycles. The highest BCUT2D eigenvalue weighted by Gasteiger charge is 2.17. The van der Waals surface area contributed by atoms with E-state index in [0.29, 0.717) is 0 Å². The van der Waals surface area contributed by atoms with Crippen LogP contribution in [-0.2, 0) is 7.05 Å². The first-order chi connectivity index (χ1) is 13.7. The number of nitrogens with zero attached hydrogens (tertiary/aromatic N) is 4. The van der Waals surface area contributed by atoms with Gasteiger partial charge in [0.1, 0.15) is 16.5 Å². The molecule has 0 saturated heterocycles. The van der Waals surface area contributed by atoms with E-state index in [2.05, 4.69) is 42.1 Å². The second-order valence-electron chi connectivity index (χ2n) is 6.50. The normalized spacial score (nSPS) is 11.0. The highest BCUT2D eigenvalue weighted by Crippen LogP contribution is 2.36. The quantitative estimate of drug-likeness (QED) is 0.361. The number of hydrogen-bond donors (Lipinski definition) is 0. The molecule has 0 fully saturated rings. The molecular weight excluding hydrogens is 452 g/mol. The predicted octanol–water partition coefficient (Wildman–Crippen LogP) is 5.21. The second-order valence-corrected chi connectivity index (χ2v) is 7.45. The Kier molecular flexibility index (Phi) is 5.06. The number of aromatic nitrogens is 4. The molecule has 0 unspecified atom stereocenters. The van der Waals surface area contributed by atoms with E-state index in [0.717, 1.165) is 38.3 Å². The number of benzene rings is 2. The summed E-state index contributed by atoms with van der Waals surface area (Å²) in [5, 5.41) is 6.92. The van der Waals surface area contributed by atoms with Gasteiger partial charge in [-0.1, -0.05) is 29.5 Å². The van der Waals surface area contributed by atoms with Gasteiger partial charge in [-0.05, 0) is 24.3 Å². The SMILES string of the molecule is Br.COc1ccc(OC)c(-c2cn3nc(-c4cn(C)c5ccccc45)sc3n2)c1. The third kappa shape index (κ3) is 3.18. The zero-order chi connectivity index (χ0) is 19.3. The molecule has 0 atom stereocenters. The Morgan fingerprint density at radius 3 is 2.55 bits per heavy atom. The van der Waals surface area contributed by atoms with E-state index in [1.54, 1.807) is 25.6 Å². The number of halogens is 1. The molecular formula is C21H19BrN4O2S. The van der Waals surface area contributed by atoms with Crippen LogP contribution >= 0.6 is 28.3 Å². The van der Waals surface area contributed by atoms with E-state index in [1.807, 2.05) is 28.9 Å². The maximum atomic E-state index is 5.49. The summed E-state index contributed by atoms with van der Waals surface area (Å²) < 4.78 is 14.8. The fraction of sp³-hybridized carbons (Fsp3) is 0.143. The summed E-state index contributed by atoms with van der Waals surface area (Å²) in [7, 11) is 5.35. The molecule has 3 heterocycles. The lowest BCUT2D eigenvalue weighted by Gasteiger charge is -2.08. The Balaban J connectivity index is 0.00000205. The maximum Gasteiger partial charge on any atom is 0.213 e. The summed E-state index contributed by atoms with van der Waals surface area (Å²) in [6.45, 7) is 0. The zero-order valence-electron chi connectivity index (χ0n) is 16.1. The van der Waals surface area contributed by atoms with Crippen molar-refractivity contribution in [3.8, 4) is 33.3 Å². The van der Waals surface area contributed by atoms with Gasteiger partial charge in [-0.25, -0.2) is 9.50 Å². The number of imidazole rings is 1. The fourth-order valence-electron chi connectivity index (χ4n) is 3.47. The monoisotopic (exact) mass is 470 g/mol. The lowest BCUT2D eigenvalue weighted by atomic mass is 10.1. The first-order valence-electron chi connectivity index (χ1n) is 8.81. The standard InChI is InChI=1S/C21H18N4O2S.BrH/c1-24-11-16(14-6-4-5-7-18(14)24)20-23-25-12-17(22-21(25)28-20)15-10-13(26-2)8-9-19(15)27-3;/h4-12H,1-3H3;1H. The van der Waals surface area contributed by atoms with Crippen LogP contribution in [0, 0.1) is 0 Å². The Morgan fingerprint density at radius 1 is 0.966 bits per heavy atom. The van der Waals surface area contributed by atoms with E-state index >= 15 is 0 Å². The molecule has 5 rings (SSSR count). The minimum Gasteiger partial charge on any atom is -0.497 e. The Labute approximate surface area is 182 Å². The molecule has 6 nitrogen and oxygen atoms in total. The molecule has 5 aromatic rings. The number of hydrogen-bond acceptors (Lipinski definition) is 5. The van der Waals surface area contributed by atoms with Crippen molar-refractivity contribution in [2.24, 2.45) is 7.05 Å². The summed E-state index contributed by atoms with van der Waals surface area (Å²) >= 11 is 1.57. The van der Waals surface area contributed by atoms with E-state index in [-0.39, 0.29) is 17.0 Å². The summed E-state index contributed by atoms with van der Waals surface area (Å²) in [5.41, 5.74) is 3.99. The van der Waals surface area contributed by atoms with Crippen molar-refractivity contribution >= 4 is 44.2 Å². The van der Waals surface area contributed by atoms with Gasteiger partial charge >= 0.3 is 0 Å². The van der Waals surface area contributed by atoms with Crippen molar-refractivity contribution in [1.29, 1.82) is 0 Å². The maximum absolute atomic E-state index is 5.49. The first-order valence-corrected chi connectivity index (χ1v) is 9.62. The third-order valence-corrected chi connectivity index (χ3v) is 5.81. The molecule has 2 aromatic carbocycles. The van der Waals surface area contributed by atoms with Crippen molar-refractivity contribution in [2.75, 3.05) is 14.2 Å². The van der Waals surface area contributed by atoms with Crippen LogP contribution in [0.5, 0.6) is 11.5 Å². The molecule has 0 aliphatic rings. The Hall–Kier alpha value is -2.84. The van der Waals surface area contributed by atoms with E-state index in [9.17, 15) is 0 Å². The molecule has 148 valence electrons. The smallest absolute Gasteiger partial charge is 0.213 e. The first kappa shape index (κ1) is 19.5. The number of rotatable bonds is 4. The third-order valence-electron chi connectivity index (χ3n) is 4.85. The van der Waals surface area contributed by atoms with Crippen LogP contribution in [0.3, 0.4) is 0 Å². The van der Waals surface area contributed by atoms with Gasteiger partial charge in [0, 0.05) is 35.3 Å². The van der Waals surface area contributed by atoms with E-state index in [4.69, 9.17) is 19.6 Å². The molecule has 29 heavy (non-hydrogen) atoms. The minimum atomic E-state index is 0. The van der Waals surface area contributed by atoms with Gasteiger partial charge in [0.2, 0.25) is 4.96 Å². The van der Waals surface area contributed by atoms with Gasteiger partial charge in [-0.2, -0.15) is 5.10 Å². The van der Waals surface area contributed by atoms with Gasteiger partial charge in [0.25, 0.3) is 0 Å². The van der Waals surface area contributed by atoms with Crippen LogP contribution in [-0.4, -0.2) is 33.4 Å². The van der Waals surface area contributed by atoms with Gasteiger partial charge < -0.3 is 14.0 Å². The lowest BCUT2D eigenvalue weighted by Crippen LogP contribution is -1.90. The molecule has 0 radical (unpaired) electrons. The molecule has 0 amide bonds. The van der Waals surface area contributed by atoms with Crippen LogP contribution in [0.1, 0.15) is 0 Å². The van der Waals surface area contributed by atoms with Crippen LogP contribution in [0.15, 0.2) is 54.9 Å². The zero-order valence-corrected chi connectivity index (χ0v) is 18.6. The van der Waals surface area contributed by atoms with E-state index in [1.165, 1.54) is 10.9 Å². The van der Waals surface area contributed by atoms with Gasteiger partial charge in [0.05, 0.1) is 26.1 Å². The molecule has 0 N–H and O–H groups in total. The van der Waals surface area contributed by atoms with Gasteiger partial charge in [0.15, 0.2) is 0 Å². The average molecular weight is 471 g/mol.